The number of carbonyl (C=O) groups excluding carboxylic acids is 1. The van der Waals surface area contributed by atoms with Crippen LogP contribution in [-0.4, -0.2) is 20.7 Å². The fourth-order valence-electron chi connectivity index (χ4n) is 1.39. The highest BCUT2D eigenvalue weighted by atomic mass is 127. The van der Waals surface area contributed by atoms with Crippen molar-refractivity contribution in [3.63, 3.8) is 0 Å². The summed E-state index contributed by atoms with van der Waals surface area (Å²) in [4.78, 5) is 16.0. The van der Waals surface area contributed by atoms with Gasteiger partial charge in [0.25, 0.3) is 5.91 Å². The lowest BCUT2D eigenvalue weighted by atomic mass is 10.2. The Morgan fingerprint density at radius 2 is 2.33 bits per heavy atom. The zero-order valence-corrected chi connectivity index (χ0v) is 13.3. The molecular formula is C11H10BrIN4O. The van der Waals surface area contributed by atoms with Gasteiger partial charge in [-0.1, -0.05) is 0 Å². The number of aromatic nitrogens is 3. The summed E-state index contributed by atoms with van der Waals surface area (Å²) in [7, 11) is 1.79. The first-order valence-electron chi connectivity index (χ1n) is 5.14. The SMILES string of the molecule is Cn1cnc(CNC(=O)c2cc(I)ccc2Br)n1. The van der Waals surface area contributed by atoms with Crippen LogP contribution in [0.2, 0.25) is 0 Å². The van der Waals surface area contributed by atoms with Crippen molar-refractivity contribution < 1.29 is 4.79 Å². The van der Waals surface area contributed by atoms with E-state index in [4.69, 9.17) is 0 Å². The molecule has 0 fully saturated rings. The van der Waals surface area contributed by atoms with E-state index >= 15 is 0 Å². The predicted molar refractivity (Wildman–Crippen MR) is 79.0 cm³/mol. The highest BCUT2D eigenvalue weighted by molar-refractivity contribution is 14.1. The molecular weight excluding hydrogens is 411 g/mol. The van der Waals surface area contributed by atoms with Gasteiger partial charge in [0.2, 0.25) is 0 Å². The molecule has 1 heterocycles. The molecule has 5 nitrogen and oxygen atoms in total. The molecule has 0 aliphatic heterocycles. The fraction of sp³-hybridized carbons (Fsp3) is 0.182. The van der Waals surface area contributed by atoms with Crippen LogP contribution < -0.4 is 5.32 Å². The highest BCUT2D eigenvalue weighted by Crippen LogP contribution is 2.19. The van der Waals surface area contributed by atoms with Gasteiger partial charge in [0, 0.05) is 15.1 Å². The minimum Gasteiger partial charge on any atom is -0.345 e. The molecule has 1 N–H and O–H groups in total. The van der Waals surface area contributed by atoms with Crippen LogP contribution in [0.4, 0.5) is 0 Å². The quantitative estimate of drug-likeness (QED) is 0.773. The van der Waals surface area contributed by atoms with E-state index in [9.17, 15) is 4.79 Å². The van der Waals surface area contributed by atoms with Crippen LogP contribution in [0.3, 0.4) is 0 Å². The van der Waals surface area contributed by atoms with Gasteiger partial charge in [0.05, 0.1) is 12.1 Å². The summed E-state index contributed by atoms with van der Waals surface area (Å²) < 4.78 is 3.38. The van der Waals surface area contributed by atoms with Gasteiger partial charge in [-0.3, -0.25) is 9.48 Å². The zero-order valence-electron chi connectivity index (χ0n) is 9.52. The maximum absolute atomic E-state index is 12.0. The van der Waals surface area contributed by atoms with Gasteiger partial charge in [0.15, 0.2) is 5.82 Å². The average Bonchev–Trinajstić information content (AvgIpc) is 2.75. The molecule has 0 radical (unpaired) electrons. The van der Waals surface area contributed by atoms with Crippen LogP contribution in [-0.2, 0) is 13.6 Å². The predicted octanol–water partition coefficient (Wildman–Crippen LogP) is 2.11. The molecule has 2 aromatic rings. The zero-order chi connectivity index (χ0) is 13.1. The van der Waals surface area contributed by atoms with E-state index in [0.717, 1.165) is 8.04 Å². The Balaban J connectivity index is 2.05. The number of rotatable bonds is 3. The molecule has 0 bridgehead atoms. The summed E-state index contributed by atoms with van der Waals surface area (Å²) in [6.07, 6.45) is 1.60. The summed E-state index contributed by atoms with van der Waals surface area (Å²) in [5.41, 5.74) is 0.609. The van der Waals surface area contributed by atoms with Gasteiger partial charge >= 0.3 is 0 Å². The summed E-state index contributed by atoms with van der Waals surface area (Å²) in [6, 6.07) is 5.61. The highest BCUT2D eigenvalue weighted by Gasteiger charge is 2.11. The normalized spacial score (nSPS) is 10.4. The topological polar surface area (TPSA) is 59.8 Å². The largest absolute Gasteiger partial charge is 0.345 e. The lowest BCUT2D eigenvalue weighted by molar-refractivity contribution is 0.0949. The van der Waals surface area contributed by atoms with Crippen molar-refractivity contribution in [1.29, 1.82) is 0 Å². The van der Waals surface area contributed by atoms with Gasteiger partial charge in [-0.05, 0) is 56.7 Å². The average molecular weight is 421 g/mol. The first-order valence-corrected chi connectivity index (χ1v) is 7.01. The molecule has 18 heavy (non-hydrogen) atoms. The number of hydrogen-bond donors (Lipinski definition) is 1. The Bertz CT molecular complexity index is 584. The van der Waals surface area contributed by atoms with E-state index in [0.29, 0.717) is 17.9 Å². The molecule has 1 aromatic heterocycles. The van der Waals surface area contributed by atoms with Crippen molar-refractivity contribution in [2.75, 3.05) is 0 Å². The van der Waals surface area contributed by atoms with Gasteiger partial charge in [-0.2, -0.15) is 5.10 Å². The maximum atomic E-state index is 12.0. The first kappa shape index (κ1) is 13.5. The molecule has 0 aliphatic carbocycles. The van der Waals surface area contributed by atoms with E-state index in [-0.39, 0.29) is 5.91 Å². The number of benzene rings is 1. The molecule has 0 unspecified atom stereocenters. The molecule has 7 heteroatoms. The molecule has 1 aromatic carbocycles. The van der Waals surface area contributed by atoms with E-state index in [1.807, 2.05) is 18.2 Å². The minimum atomic E-state index is -0.146. The Morgan fingerprint density at radius 3 is 3.00 bits per heavy atom. The van der Waals surface area contributed by atoms with Gasteiger partial charge in [-0.15, -0.1) is 0 Å². The molecule has 0 aliphatic rings. The standard InChI is InChI=1S/C11H10BrIN4O/c1-17-6-15-10(16-17)5-14-11(18)8-4-7(13)2-3-9(8)12/h2-4,6H,5H2,1H3,(H,14,18). The van der Waals surface area contributed by atoms with Crippen LogP contribution >= 0.6 is 38.5 Å². The van der Waals surface area contributed by atoms with Crippen LogP contribution in [0.15, 0.2) is 29.0 Å². The second-order valence-electron chi connectivity index (χ2n) is 3.64. The lowest BCUT2D eigenvalue weighted by Crippen LogP contribution is -2.24. The third-order valence-corrected chi connectivity index (χ3v) is 3.59. The molecule has 94 valence electrons. The number of hydrogen-bond acceptors (Lipinski definition) is 3. The van der Waals surface area contributed by atoms with Crippen molar-refractivity contribution >= 4 is 44.4 Å². The number of halogens is 2. The number of amides is 1. The van der Waals surface area contributed by atoms with Crippen molar-refractivity contribution in [1.82, 2.24) is 20.1 Å². The Hall–Kier alpha value is -0.960. The summed E-state index contributed by atoms with van der Waals surface area (Å²) in [5, 5.41) is 6.88. The van der Waals surface area contributed by atoms with Crippen molar-refractivity contribution in [3.8, 4) is 0 Å². The Morgan fingerprint density at radius 1 is 1.56 bits per heavy atom. The van der Waals surface area contributed by atoms with Gasteiger partial charge in [0.1, 0.15) is 6.33 Å². The molecule has 0 saturated heterocycles. The van der Waals surface area contributed by atoms with E-state index in [1.165, 1.54) is 0 Å². The molecule has 0 spiro atoms. The van der Waals surface area contributed by atoms with Crippen molar-refractivity contribution in [2.45, 2.75) is 6.54 Å². The van der Waals surface area contributed by atoms with Crippen molar-refractivity contribution in [3.05, 3.63) is 44.0 Å². The minimum absolute atomic E-state index is 0.146. The van der Waals surface area contributed by atoms with E-state index < -0.39 is 0 Å². The fourth-order valence-corrected chi connectivity index (χ4v) is 2.31. The molecule has 0 atom stereocenters. The Kier molecular flexibility index (Phi) is 4.33. The summed E-state index contributed by atoms with van der Waals surface area (Å²) in [6.45, 7) is 0.317. The first-order chi connectivity index (χ1) is 8.56. The second-order valence-corrected chi connectivity index (χ2v) is 5.74. The number of nitrogens with one attached hydrogen (secondary N) is 1. The molecule has 2 rings (SSSR count). The van der Waals surface area contributed by atoms with Gasteiger partial charge < -0.3 is 5.32 Å². The maximum Gasteiger partial charge on any atom is 0.252 e. The number of aryl methyl sites for hydroxylation is 1. The number of carbonyl (C=O) groups is 1. The van der Waals surface area contributed by atoms with Crippen LogP contribution in [0.1, 0.15) is 16.2 Å². The lowest BCUT2D eigenvalue weighted by Gasteiger charge is -2.05. The van der Waals surface area contributed by atoms with Crippen LogP contribution in [0.25, 0.3) is 0 Å². The summed E-state index contributed by atoms with van der Waals surface area (Å²) >= 11 is 5.53. The summed E-state index contributed by atoms with van der Waals surface area (Å²) in [5.74, 6) is 0.445. The van der Waals surface area contributed by atoms with Crippen LogP contribution in [0.5, 0.6) is 0 Å². The third kappa shape index (κ3) is 3.29. The third-order valence-electron chi connectivity index (χ3n) is 2.23. The smallest absolute Gasteiger partial charge is 0.252 e. The monoisotopic (exact) mass is 420 g/mol. The van der Waals surface area contributed by atoms with Crippen molar-refractivity contribution in [2.24, 2.45) is 7.05 Å². The van der Waals surface area contributed by atoms with E-state index in [1.54, 1.807) is 18.1 Å². The Labute approximate surface area is 126 Å². The number of nitrogens with zero attached hydrogens (tertiary/aromatic N) is 3. The molecule has 0 saturated carbocycles. The van der Waals surface area contributed by atoms with Gasteiger partial charge in [-0.25, -0.2) is 4.98 Å². The second kappa shape index (κ2) is 5.79. The van der Waals surface area contributed by atoms with E-state index in [2.05, 4.69) is 53.9 Å². The molecule has 1 amide bonds. The van der Waals surface area contributed by atoms with Crippen LogP contribution in [0, 0.1) is 3.57 Å².